The van der Waals surface area contributed by atoms with Crippen molar-refractivity contribution in [2.24, 2.45) is 0 Å². The van der Waals surface area contributed by atoms with Crippen LogP contribution >= 0.6 is 22.9 Å². The van der Waals surface area contributed by atoms with Gasteiger partial charge in [-0.25, -0.2) is 15.0 Å². The number of hydrogen-bond donors (Lipinski definition) is 0. The summed E-state index contributed by atoms with van der Waals surface area (Å²) in [5, 5.41) is 1.58. The summed E-state index contributed by atoms with van der Waals surface area (Å²) in [5.41, 5.74) is 2.07. The smallest absolute Gasteiger partial charge is 0.150 e. The molecule has 3 aromatic rings. The summed E-state index contributed by atoms with van der Waals surface area (Å²) >= 11 is 7.73. The lowest BCUT2D eigenvalue weighted by Crippen LogP contribution is -2.36. The number of halogens is 1. The Hall–Kier alpha value is -1.50. The van der Waals surface area contributed by atoms with Gasteiger partial charge in [0, 0.05) is 18.5 Å². The topological polar surface area (TPSA) is 51.1 Å². The molecule has 0 bridgehead atoms. The number of fused-ring (bicyclic) bond motifs is 3. The first-order valence-electron chi connectivity index (χ1n) is 6.77. The van der Waals surface area contributed by atoms with Gasteiger partial charge in [-0.05, 0) is 18.6 Å². The lowest BCUT2D eigenvalue weighted by molar-refractivity contribution is 0.122. The summed E-state index contributed by atoms with van der Waals surface area (Å²) in [4.78, 5) is 16.5. The van der Waals surface area contributed by atoms with E-state index in [1.165, 1.54) is 11.9 Å². The van der Waals surface area contributed by atoms with Gasteiger partial charge in [0.1, 0.15) is 22.1 Å². The Morgan fingerprint density at radius 1 is 1.29 bits per heavy atom. The number of thiophene rings is 1. The monoisotopic (exact) mass is 320 g/mol. The van der Waals surface area contributed by atoms with E-state index in [-0.39, 0.29) is 0 Å². The molecule has 1 fully saturated rings. The molecule has 1 aliphatic heterocycles. The summed E-state index contributed by atoms with van der Waals surface area (Å²) in [5.74, 6) is 0.999. The van der Waals surface area contributed by atoms with Crippen molar-refractivity contribution in [3.8, 4) is 0 Å². The Morgan fingerprint density at radius 2 is 2.10 bits per heavy atom. The second kappa shape index (κ2) is 5.05. The van der Waals surface area contributed by atoms with Crippen LogP contribution in [0.25, 0.3) is 20.4 Å². The van der Waals surface area contributed by atoms with Crippen LogP contribution in [0.15, 0.2) is 12.4 Å². The molecule has 4 rings (SSSR count). The largest absolute Gasteiger partial charge is 0.378 e. The predicted octanol–water partition coefficient (Wildman–Crippen LogP) is 3.04. The fraction of sp³-hybridized carbons (Fsp3) is 0.357. The van der Waals surface area contributed by atoms with E-state index in [1.54, 1.807) is 11.3 Å². The summed E-state index contributed by atoms with van der Waals surface area (Å²) in [6.45, 7) is 5.36. The minimum absolute atomic E-state index is 0.496. The van der Waals surface area contributed by atoms with Gasteiger partial charge < -0.3 is 9.64 Å². The van der Waals surface area contributed by atoms with Crippen molar-refractivity contribution in [1.82, 2.24) is 15.0 Å². The van der Waals surface area contributed by atoms with Crippen LogP contribution in [0, 0.1) is 6.92 Å². The number of hydrogen-bond acceptors (Lipinski definition) is 6. The zero-order chi connectivity index (χ0) is 14.4. The minimum Gasteiger partial charge on any atom is -0.378 e. The van der Waals surface area contributed by atoms with Crippen molar-refractivity contribution in [1.29, 1.82) is 0 Å². The van der Waals surface area contributed by atoms with Gasteiger partial charge in [-0.3, -0.25) is 0 Å². The van der Waals surface area contributed by atoms with Crippen molar-refractivity contribution in [2.45, 2.75) is 6.92 Å². The van der Waals surface area contributed by atoms with Crippen LogP contribution in [0.1, 0.15) is 5.56 Å². The van der Waals surface area contributed by atoms with Gasteiger partial charge in [0.25, 0.3) is 0 Å². The highest BCUT2D eigenvalue weighted by atomic mass is 35.5. The second-order valence-electron chi connectivity index (χ2n) is 5.02. The lowest BCUT2D eigenvalue weighted by Gasteiger charge is -2.28. The molecular weight excluding hydrogens is 308 g/mol. The number of ether oxygens (including phenoxy) is 1. The number of anilines is 1. The van der Waals surface area contributed by atoms with Gasteiger partial charge in [-0.1, -0.05) is 11.6 Å². The fourth-order valence-electron chi connectivity index (χ4n) is 2.66. The summed E-state index contributed by atoms with van der Waals surface area (Å²) in [6.07, 6.45) is 1.51. The van der Waals surface area contributed by atoms with Crippen LogP contribution < -0.4 is 4.90 Å². The van der Waals surface area contributed by atoms with Crippen LogP contribution in [0.4, 0.5) is 5.82 Å². The standard InChI is InChI=1S/C14H13ClN4OS/c1-8-6-9(19-2-4-20-5-3-19)18-14-10(8)11-12(21-14)13(15)17-7-16-11/h6-7H,2-5H2,1H3. The van der Waals surface area contributed by atoms with Gasteiger partial charge in [0.15, 0.2) is 0 Å². The molecule has 0 aliphatic carbocycles. The molecule has 0 aromatic carbocycles. The average molecular weight is 321 g/mol. The highest BCUT2D eigenvalue weighted by Gasteiger charge is 2.18. The van der Waals surface area contributed by atoms with E-state index in [1.807, 2.05) is 0 Å². The fourth-order valence-corrected chi connectivity index (χ4v) is 3.99. The molecule has 3 aromatic heterocycles. The zero-order valence-corrected chi connectivity index (χ0v) is 13.0. The molecule has 0 radical (unpaired) electrons. The van der Waals surface area contributed by atoms with E-state index in [9.17, 15) is 0 Å². The number of morpholine rings is 1. The van der Waals surface area contributed by atoms with E-state index >= 15 is 0 Å². The predicted molar refractivity (Wildman–Crippen MR) is 85.5 cm³/mol. The molecule has 0 N–H and O–H groups in total. The molecule has 21 heavy (non-hydrogen) atoms. The van der Waals surface area contributed by atoms with Crippen molar-refractivity contribution in [3.63, 3.8) is 0 Å². The Bertz CT molecular complexity index is 829. The molecule has 1 saturated heterocycles. The molecule has 0 atom stereocenters. The number of aromatic nitrogens is 3. The van der Waals surface area contributed by atoms with Crippen LogP contribution in [-0.4, -0.2) is 41.3 Å². The van der Waals surface area contributed by atoms with Crippen LogP contribution in [0.2, 0.25) is 5.15 Å². The molecule has 0 spiro atoms. The van der Waals surface area contributed by atoms with Crippen LogP contribution in [0.5, 0.6) is 0 Å². The first kappa shape index (κ1) is 13.2. The lowest BCUT2D eigenvalue weighted by atomic mass is 10.2. The van der Waals surface area contributed by atoms with Crippen molar-refractivity contribution >= 4 is 49.2 Å². The highest BCUT2D eigenvalue weighted by Crippen LogP contribution is 2.37. The Balaban J connectivity index is 1.93. The Labute approximate surface area is 130 Å². The maximum Gasteiger partial charge on any atom is 0.150 e. The minimum atomic E-state index is 0.496. The van der Waals surface area contributed by atoms with E-state index < -0.39 is 0 Å². The molecule has 108 valence electrons. The number of nitrogens with zero attached hydrogens (tertiary/aromatic N) is 4. The molecule has 0 unspecified atom stereocenters. The number of pyridine rings is 1. The van der Waals surface area contributed by atoms with Crippen molar-refractivity contribution < 1.29 is 4.74 Å². The maximum atomic E-state index is 6.17. The van der Waals surface area contributed by atoms with Crippen molar-refractivity contribution in [2.75, 3.05) is 31.2 Å². The van der Waals surface area contributed by atoms with Gasteiger partial charge in [0.2, 0.25) is 0 Å². The van der Waals surface area contributed by atoms with Gasteiger partial charge >= 0.3 is 0 Å². The molecule has 1 aliphatic rings. The molecule has 4 heterocycles. The normalized spacial score (nSPS) is 16.0. The number of rotatable bonds is 1. The zero-order valence-electron chi connectivity index (χ0n) is 11.5. The molecule has 0 amide bonds. The van der Waals surface area contributed by atoms with Crippen LogP contribution in [-0.2, 0) is 4.74 Å². The van der Waals surface area contributed by atoms with Gasteiger partial charge in [-0.15, -0.1) is 11.3 Å². The van der Waals surface area contributed by atoms with E-state index in [2.05, 4.69) is 27.9 Å². The second-order valence-corrected chi connectivity index (χ2v) is 6.38. The first-order valence-corrected chi connectivity index (χ1v) is 7.96. The highest BCUT2D eigenvalue weighted by molar-refractivity contribution is 7.26. The SMILES string of the molecule is Cc1cc(N2CCOCC2)nc2sc3c(Cl)ncnc3c12. The third kappa shape index (κ3) is 2.14. The average Bonchev–Trinajstić information content (AvgIpc) is 2.89. The van der Waals surface area contributed by atoms with Gasteiger partial charge in [0.05, 0.1) is 23.4 Å². The first-order chi connectivity index (χ1) is 10.2. The Morgan fingerprint density at radius 3 is 2.90 bits per heavy atom. The summed E-state index contributed by atoms with van der Waals surface area (Å²) < 4.78 is 6.31. The molecule has 5 nitrogen and oxygen atoms in total. The third-order valence-corrected chi connectivity index (χ3v) is 5.18. The number of aryl methyl sites for hydroxylation is 1. The van der Waals surface area contributed by atoms with Gasteiger partial charge in [-0.2, -0.15) is 0 Å². The van der Waals surface area contributed by atoms with E-state index in [0.29, 0.717) is 5.15 Å². The Kier molecular flexibility index (Phi) is 3.17. The maximum absolute atomic E-state index is 6.17. The van der Waals surface area contributed by atoms with Crippen molar-refractivity contribution in [3.05, 3.63) is 23.1 Å². The molecule has 0 saturated carbocycles. The van der Waals surface area contributed by atoms with E-state index in [4.69, 9.17) is 21.3 Å². The van der Waals surface area contributed by atoms with Crippen LogP contribution in [0.3, 0.4) is 0 Å². The molecular formula is C14H13ClN4OS. The summed E-state index contributed by atoms with van der Waals surface area (Å²) in [7, 11) is 0. The van der Waals surface area contributed by atoms with E-state index in [0.717, 1.165) is 52.6 Å². The quantitative estimate of drug-likeness (QED) is 0.645. The molecule has 7 heteroatoms. The third-order valence-electron chi connectivity index (χ3n) is 3.70. The summed E-state index contributed by atoms with van der Waals surface area (Å²) in [6, 6.07) is 2.12.